The largest absolute Gasteiger partial charge is 0.478 e. The van der Waals surface area contributed by atoms with Crippen LogP contribution in [0.4, 0.5) is 4.39 Å². The van der Waals surface area contributed by atoms with Gasteiger partial charge in [-0.3, -0.25) is 14.4 Å². The number of rotatable bonds is 7. The van der Waals surface area contributed by atoms with Crippen LogP contribution in [0.15, 0.2) is 60.7 Å². The number of benzene rings is 3. The highest BCUT2D eigenvalue weighted by Gasteiger charge is 2.48. The molecule has 4 atom stereocenters. The van der Waals surface area contributed by atoms with Gasteiger partial charge in [0.05, 0.1) is 24.1 Å². The number of nitrogens with zero attached hydrogens (tertiary/aromatic N) is 1. The molecule has 1 fully saturated rings. The van der Waals surface area contributed by atoms with Crippen LogP contribution in [0.5, 0.6) is 0 Å². The summed E-state index contributed by atoms with van der Waals surface area (Å²) in [4.78, 5) is 46.4. The minimum atomic E-state index is -1.29. The van der Waals surface area contributed by atoms with Crippen LogP contribution in [0, 0.1) is 5.82 Å². The van der Waals surface area contributed by atoms with Crippen molar-refractivity contribution >= 4 is 41.0 Å². The molecule has 1 aliphatic carbocycles. The van der Waals surface area contributed by atoms with Crippen LogP contribution in [0.2, 0.25) is 10.0 Å². The van der Waals surface area contributed by atoms with Gasteiger partial charge in [0.1, 0.15) is 5.82 Å². The smallest absolute Gasteiger partial charge is 0.335 e. The second kappa shape index (κ2) is 12.2. The molecule has 0 aromatic heterocycles. The van der Waals surface area contributed by atoms with Gasteiger partial charge >= 0.3 is 5.97 Å². The van der Waals surface area contributed by atoms with E-state index in [-0.39, 0.29) is 35.7 Å². The standard InChI is InChI=1S/C30H28Cl2FN3O5/c31-18-9-10-22(23(32)14-18)27-26(28(37)35-41-15-16-11-17(30(39)40)13-19(33)12-16)20-5-1-2-6-21(20)29(38)36(27)25-8-4-3-7-24(25)34/h1-2,5-6,9-14,24-27H,3-4,7-8,15,34H2,(H,35,37)(H,39,40)/t24-,25-,26+,27-/m0/s1. The van der Waals surface area contributed by atoms with Crippen LogP contribution in [-0.2, 0) is 16.2 Å². The van der Waals surface area contributed by atoms with Crippen LogP contribution >= 0.6 is 23.2 Å². The summed E-state index contributed by atoms with van der Waals surface area (Å²) in [6, 6.07) is 13.6. The second-order valence-corrected chi connectivity index (χ2v) is 11.2. The summed E-state index contributed by atoms with van der Waals surface area (Å²) < 4.78 is 13.9. The molecule has 0 unspecified atom stereocenters. The lowest BCUT2D eigenvalue weighted by Gasteiger charge is -2.48. The van der Waals surface area contributed by atoms with Crippen molar-refractivity contribution in [3.63, 3.8) is 0 Å². The van der Waals surface area contributed by atoms with E-state index in [9.17, 15) is 23.9 Å². The number of amides is 2. The Morgan fingerprint density at radius 1 is 1.05 bits per heavy atom. The molecule has 0 bridgehead atoms. The number of aromatic carboxylic acids is 1. The number of nitrogens with one attached hydrogen (secondary N) is 1. The van der Waals surface area contributed by atoms with Crippen LogP contribution < -0.4 is 11.2 Å². The molecular formula is C30H28Cl2FN3O5. The Hall–Kier alpha value is -3.50. The molecule has 8 nitrogen and oxygen atoms in total. The highest BCUT2D eigenvalue weighted by molar-refractivity contribution is 6.35. The second-order valence-electron chi connectivity index (χ2n) is 10.3. The summed E-state index contributed by atoms with van der Waals surface area (Å²) in [7, 11) is 0. The number of carbonyl (C=O) groups is 3. The Labute approximate surface area is 246 Å². The van der Waals surface area contributed by atoms with E-state index in [0.29, 0.717) is 33.2 Å². The molecule has 4 N–H and O–H groups in total. The van der Waals surface area contributed by atoms with E-state index in [2.05, 4.69) is 5.48 Å². The monoisotopic (exact) mass is 599 g/mol. The first-order valence-electron chi connectivity index (χ1n) is 13.2. The maximum Gasteiger partial charge on any atom is 0.335 e. The maximum absolute atomic E-state index is 14.1. The molecule has 3 aromatic rings. The van der Waals surface area contributed by atoms with E-state index < -0.39 is 29.7 Å². The number of fused-ring (bicyclic) bond motifs is 1. The van der Waals surface area contributed by atoms with E-state index >= 15 is 0 Å². The summed E-state index contributed by atoms with van der Waals surface area (Å²) >= 11 is 12.9. The summed E-state index contributed by atoms with van der Waals surface area (Å²) in [5, 5.41) is 9.92. The van der Waals surface area contributed by atoms with Crippen molar-refractivity contribution < 1.29 is 28.7 Å². The Balaban J connectivity index is 1.53. The Morgan fingerprint density at radius 3 is 2.54 bits per heavy atom. The summed E-state index contributed by atoms with van der Waals surface area (Å²) in [5.74, 6) is -3.79. The van der Waals surface area contributed by atoms with Gasteiger partial charge in [-0.05, 0) is 65.9 Å². The highest BCUT2D eigenvalue weighted by atomic mass is 35.5. The number of hydrogen-bond donors (Lipinski definition) is 3. The lowest BCUT2D eigenvalue weighted by atomic mass is 9.76. The average Bonchev–Trinajstić information content (AvgIpc) is 2.93. The molecule has 0 saturated heterocycles. The topological polar surface area (TPSA) is 122 Å². The van der Waals surface area contributed by atoms with Crippen LogP contribution in [0.3, 0.4) is 0 Å². The fraction of sp³-hybridized carbons (Fsp3) is 0.300. The van der Waals surface area contributed by atoms with Gasteiger partial charge < -0.3 is 15.7 Å². The fourth-order valence-electron chi connectivity index (χ4n) is 5.87. The molecule has 0 radical (unpaired) electrons. The summed E-state index contributed by atoms with van der Waals surface area (Å²) in [6.45, 7) is -0.291. The number of carbonyl (C=O) groups excluding carboxylic acids is 2. The van der Waals surface area contributed by atoms with Crippen LogP contribution in [0.25, 0.3) is 0 Å². The van der Waals surface area contributed by atoms with Gasteiger partial charge in [-0.15, -0.1) is 0 Å². The van der Waals surface area contributed by atoms with Crippen molar-refractivity contribution in [3.05, 3.63) is 104 Å². The molecule has 214 valence electrons. The zero-order valence-electron chi connectivity index (χ0n) is 21.9. The first-order valence-corrected chi connectivity index (χ1v) is 14.0. The van der Waals surface area contributed by atoms with Crippen molar-refractivity contribution in [2.24, 2.45) is 5.73 Å². The lowest BCUT2D eigenvalue weighted by Crippen LogP contribution is -2.57. The molecule has 5 rings (SSSR count). The molecule has 11 heteroatoms. The Bertz CT molecular complexity index is 1500. The lowest BCUT2D eigenvalue weighted by molar-refractivity contribution is -0.138. The number of carboxylic acid groups (broad SMARTS) is 1. The molecule has 1 saturated carbocycles. The molecule has 2 amide bonds. The molecule has 0 spiro atoms. The first-order chi connectivity index (χ1) is 19.7. The third-order valence-corrected chi connectivity index (χ3v) is 8.26. The summed E-state index contributed by atoms with van der Waals surface area (Å²) in [5.41, 5.74) is 10.4. The van der Waals surface area contributed by atoms with E-state index in [1.807, 2.05) is 0 Å². The van der Waals surface area contributed by atoms with Gasteiger partial charge in [-0.25, -0.2) is 14.7 Å². The number of carboxylic acids is 1. The number of nitrogens with two attached hydrogens (primary N) is 1. The zero-order chi connectivity index (χ0) is 29.3. The number of halogens is 3. The van der Waals surface area contributed by atoms with Gasteiger partial charge in [0.25, 0.3) is 11.8 Å². The first kappa shape index (κ1) is 29.0. The van der Waals surface area contributed by atoms with Gasteiger partial charge in [-0.1, -0.05) is 60.3 Å². The SMILES string of the molecule is N[C@H]1CCCC[C@@H]1N1C(=O)c2ccccc2[C@@H](C(=O)NOCc2cc(F)cc(C(=O)O)c2)[C@@H]1c1ccc(Cl)cc1Cl. The van der Waals surface area contributed by atoms with Crippen molar-refractivity contribution in [2.75, 3.05) is 0 Å². The molecule has 1 aliphatic heterocycles. The molecule has 2 aliphatic rings. The van der Waals surface area contributed by atoms with Crippen molar-refractivity contribution in [2.45, 2.75) is 56.3 Å². The van der Waals surface area contributed by atoms with Gasteiger partial charge in [0.15, 0.2) is 0 Å². The predicted octanol–water partition coefficient (Wildman–Crippen LogP) is 5.63. The van der Waals surface area contributed by atoms with Crippen LogP contribution in [0.1, 0.15) is 75.0 Å². The Kier molecular flexibility index (Phi) is 8.60. The molecular weight excluding hydrogens is 572 g/mol. The van der Waals surface area contributed by atoms with E-state index in [0.717, 1.165) is 31.4 Å². The van der Waals surface area contributed by atoms with Crippen molar-refractivity contribution in [3.8, 4) is 0 Å². The average molecular weight is 600 g/mol. The molecule has 1 heterocycles. The molecule has 3 aromatic carbocycles. The van der Waals surface area contributed by atoms with Gasteiger partial charge in [0, 0.05) is 27.7 Å². The third kappa shape index (κ3) is 5.94. The molecule has 41 heavy (non-hydrogen) atoms. The van der Waals surface area contributed by atoms with Crippen LogP contribution in [-0.4, -0.2) is 39.9 Å². The number of hydroxylamine groups is 1. The number of hydrogen-bond acceptors (Lipinski definition) is 5. The van der Waals surface area contributed by atoms with E-state index in [1.165, 1.54) is 6.07 Å². The quantitative estimate of drug-likeness (QED) is 0.303. The third-order valence-electron chi connectivity index (χ3n) is 7.69. The fourth-order valence-corrected chi connectivity index (χ4v) is 6.39. The van der Waals surface area contributed by atoms with Crippen molar-refractivity contribution in [1.29, 1.82) is 0 Å². The van der Waals surface area contributed by atoms with Gasteiger partial charge in [0.2, 0.25) is 0 Å². The minimum Gasteiger partial charge on any atom is -0.478 e. The van der Waals surface area contributed by atoms with E-state index in [1.54, 1.807) is 47.4 Å². The van der Waals surface area contributed by atoms with Gasteiger partial charge in [-0.2, -0.15) is 0 Å². The zero-order valence-corrected chi connectivity index (χ0v) is 23.4. The maximum atomic E-state index is 14.1. The summed E-state index contributed by atoms with van der Waals surface area (Å²) in [6.07, 6.45) is 3.25. The Morgan fingerprint density at radius 2 is 1.80 bits per heavy atom. The predicted molar refractivity (Wildman–Crippen MR) is 151 cm³/mol. The normalized spacial score (nSPS) is 22.2. The van der Waals surface area contributed by atoms with E-state index in [4.69, 9.17) is 33.8 Å². The van der Waals surface area contributed by atoms with Crippen molar-refractivity contribution in [1.82, 2.24) is 10.4 Å². The minimum absolute atomic E-state index is 0.217. The highest BCUT2D eigenvalue weighted by Crippen LogP contribution is 2.47.